The summed E-state index contributed by atoms with van der Waals surface area (Å²) in [5, 5.41) is 12.9. The molecule has 2 fully saturated rings. The molecule has 4 nitrogen and oxygen atoms in total. The number of rotatable bonds is 6. The molecule has 92 valence electrons. The van der Waals surface area contributed by atoms with Gasteiger partial charge in [-0.1, -0.05) is 12.8 Å². The summed E-state index contributed by atoms with van der Waals surface area (Å²) in [4.78, 5) is 11.5. The molecule has 4 heteroatoms. The van der Waals surface area contributed by atoms with E-state index in [4.69, 9.17) is 4.74 Å². The van der Waals surface area contributed by atoms with Gasteiger partial charge in [-0.2, -0.15) is 0 Å². The number of methoxy groups -OCH3 is 1. The van der Waals surface area contributed by atoms with E-state index in [2.05, 4.69) is 5.32 Å². The Morgan fingerprint density at radius 1 is 1.38 bits per heavy atom. The fraction of sp³-hybridized carbons (Fsp3) is 0.917. The van der Waals surface area contributed by atoms with E-state index in [-0.39, 0.29) is 12.5 Å². The van der Waals surface area contributed by atoms with E-state index in [1.165, 1.54) is 12.8 Å². The maximum Gasteiger partial charge on any atom is 0.326 e. The zero-order valence-corrected chi connectivity index (χ0v) is 9.87. The summed E-state index contributed by atoms with van der Waals surface area (Å²) in [6.07, 6.45) is 6.65. The van der Waals surface area contributed by atoms with Crippen LogP contribution in [0, 0.1) is 5.92 Å². The zero-order chi connectivity index (χ0) is 11.6. The normalized spacial score (nSPS) is 25.6. The summed E-state index contributed by atoms with van der Waals surface area (Å²) >= 11 is 0. The highest BCUT2D eigenvalue weighted by atomic mass is 16.5. The van der Waals surface area contributed by atoms with Crippen molar-refractivity contribution in [3.63, 3.8) is 0 Å². The zero-order valence-electron chi connectivity index (χ0n) is 9.87. The number of aliphatic carboxylic acids is 1. The van der Waals surface area contributed by atoms with Gasteiger partial charge in [0.1, 0.15) is 5.54 Å². The molecular formula is C12H21NO3. The summed E-state index contributed by atoms with van der Waals surface area (Å²) in [6.45, 7) is 0.281. The standard InChI is InChI=1S/C12H21NO3/c1-16-8-12(11(14)15,9-6-7-9)13-10-4-2-3-5-10/h9-10,13H,2-8H2,1H3,(H,14,15). The first-order valence-corrected chi connectivity index (χ1v) is 6.19. The lowest BCUT2D eigenvalue weighted by Crippen LogP contribution is -2.60. The maximum absolute atomic E-state index is 11.5. The molecule has 1 atom stereocenters. The number of carboxylic acids is 1. The molecule has 0 bridgehead atoms. The first kappa shape index (κ1) is 11.9. The third-order valence-electron chi connectivity index (χ3n) is 3.84. The molecule has 0 amide bonds. The van der Waals surface area contributed by atoms with Crippen LogP contribution in [0.25, 0.3) is 0 Å². The Kier molecular flexibility index (Phi) is 3.50. The maximum atomic E-state index is 11.5. The van der Waals surface area contributed by atoms with Crippen molar-refractivity contribution in [3.05, 3.63) is 0 Å². The summed E-state index contributed by atoms with van der Waals surface area (Å²) in [7, 11) is 1.58. The van der Waals surface area contributed by atoms with Crippen LogP contribution in [0.15, 0.2) is 0 Å². The molecule has 0 heterocycles. The minimum absolute atomic E-state index is 0.255. The Labute approximate surface area is 96.4 Å². The van der Waals surface area contributed by atoms with Crippen LogP contribution in [0.4, 0.5) is 0 Å². The van der Waals surface area contributed by atoms with E-state index in [9.17, 15) is 9.90 Å². The molecule has 2 rings (SSSR count). The van der Waals surface area contributed by atoms with Crippen molar-refractivity contribution in [2.45, 2.75) is 50.1 Å². The van der Waals surface area contributed by atoms with Gasteiger partial charge >= 0.3 is 5.97 Å². The van der Waals surface area contributed by atoms with Crippen LogP contribution in [-0.2, 0) is 9.53 Å². The van der Waals surface area contributed by atoms with Gasteiger partial charge in [0.25, 0.3) is 0 Å². The molecule has 2 aliphatic carbocycles. The largest absolute Gasteiger partial charge is 0.480 e. The van der Waals surface area contributed by atoms with Gasteiger partial charge in [-0.3, -0.25) is 10.1 Å². The third-order valence-corrected chi connectivity index (χ3v) is 3.84. The monoisotopic (exact) mass is 227 g/mol. The van der Waals surface area contributed by atoms with Gasteiger partial charge in [0.15, 0.2) is 0 Å². The van der Waals surface area contributed by atoms with Crippen molar-refractivity contribution in [3.8, 4) is 0 Å². The molecule has 2 aliphatic rings. The molecule has 0 aromatic heterocycles. The van der Waals surface area contributed by atoms with Crippen LogP contribution in [0.5, 0.6) is 0 Å². The summed E-state index contributed by atoms with van der Waals surface area (Å²) in [5.41, 5.74) is -0.830. The van der Waals surface area contributed by atoms with Crippen molar-refractivity contribution >= 4 is 5.97 Å². The summed E-state index contributed by atoms with van der Waals surface area (Å²) in [5.74, 6) is -0.491. The van der Waals surface area contributed by atoms with E-state index in [0.29, 0.717) is 6.04 Å². The predicted molar refractivity (Wildman–Crippen MR) is 60.4 cm³/mol. The highest BCUT2D eigenvalue weighted by Crippen LogP contribution is 2.41. The minimum Gasteiger partial charge on any atom is -0.480 e. The second-order valence-corrected chi connectivity index (χ2v) is 5.11. The molecule has 0 spiro atoms. The first-order chi connectivity index (χ1) is 7.69. The predicted octanol–water partition coefficient (Wildman–Crippen LogP) is 1.40. The molecule has 2 saturated carbocycles. The second kappa shape index (κ2) is 4.72. The number of hydrogen-bond acceptors (Lipinski definition) is 3. The average Bonchev–Trinajstić information content (AvgIpc) is 2.98. The number of carbonyl (C=O) groups is 1. The molecule has 0 aromatic rings. The molecule has 0 aliphatic heterocycles. The van der Waals surface area contributed by atoms with Gasteiger partial charge in [0.05, 0.1) is 6.61 Å². The van der Waals surface area contributed by atoms with Crippen LogP contribution in [-0.4, -0.2) is 36.4 Å². The van der Waals surface area contributed by atoms with Gasteiger partial charge in [-0.15, -0.1) is 0 Å². The fourth-order valence-corrected chi connectivity index (χ4v) is 2.81. The minimum atomic E-state index is -0.830. The molecule has 2 N–H and O–H groups in total. The molecular weight excluding hydrogens is 206 g/mol. The molecule has 16 heavy (non-hydrogen) atoms. The number of ether oxygens (including phenoxy) is 1. The van der Waals surface area contributed by atoms with Crippen LogP contribution in [0.3, 0.4) is 0 Å². The topological polar surface area (TPSA) is 58.6 Å². The van der Waals surface area contributed by atoms with E-state index >= 15 is 0 Å². The van der Waals surface area contributed by atoms with Gasteiger partial charge in [-0.05, 0) is 31.6 Å². The first-order valence-electron chi connectivity index (χ1n) is 6.19. The van der Waals surface area contributed by atoms with E-state index in [1.807, 2.05) is 0 Å². The smallest absolute Gasteiger partial charge is 0.326 e. The number of nitrogens with one attached hydrogen (secondary N) is 1. The van der Waals surface area contributed by atoms with Crippen LogP contribution in [0.2, 0.25) is 0 Å². The Bertz CT molecular complexity index is 259. The average molecular weight is 227 g/mol. The summed E-state index contributed by atoms with van der Waals surface area (Å²) < 4.78 is 5.14. The third kappa shape index (κ3) is 2.23. The van der Waals surface area contributed by atoms with Crippen molar-refractivity contribution in [2.24, 2.45) is 5.92 Å². The lowest BCUT2D eigenvalue weighted by molar-refractivity contribution is -0.149. The van der Waals surface area contributed by atoms with Crippen molar-refractivity contribution in [1.82, 2.24) is 5.32 Å². The van der Waals surface area contributed by atoms with Crippen molar-refractivity contribution in [1.29, 1.82) is 0 Å². The highest BCUT2D eigenvalue weighted by Gasteiger charge is 2.52. The number of carboxylic acid groups (broad SMARTS) is 1. The molecule has 0 saturated heterocycles. The SMILES string of the molecule is COCC(NC1CCCC1)(C(=O)O)C1CC1. The Morgan fingerprint density at radius 3 is 2.44 bits per heavy atom. The van der Waals surface area contributed by atoms with Crippen LogP contribution in [0.1, 0.15) is 38.5 Å². The van der Waals surface area contributed by atoms with Gasteiger partial charge in [0, 0.05) is 13.2 Å². The Hall–Kier alpha value is -0.610. The second-order valence-electron chi connectivity index (χ2n) is 5.11. The summed E-state index contributed by atoms with van der Waals surface area (Å²) in [6, 6.07) is 0.367. The molecule has 0 aromatic carbocycles. The number of hydrogen-bond donors (Lipinski definition) is 2. The fourth-order valence-electron chi connectivity index (χ4n) is 2.81. The Morgan fingerprint density at radius 2 is 2.00 bits per heavy atom. The van der Waals surface area contributed by atoms with E-state index < -0.39 is 11.5 Å². The van der Waals surface area contributed by atoms with Gasteiger partial charge < -0.3 is 9.84 Å². The molecule has 0 radical (unpaired) electrons. The van der Waals surface area contributed by atoms with Crippen molar-refractivity contribution < 1.29 is 14.6 Å². The van der Waals surface area contributed by atoms with Gasteiger partial charge in [0.2, 0.25) is 0 Å². The van der Waals surface area contributed by atoms with Crippen LogP contribution >= 0.6 is 0 Å². The highest BCUT2D eigenvalue weighted by molar-refractivity contribution is 5.80. The lowest BCUT2D eigenvalue weighted by atomic mass is 9.92. The van der Waals surface area contributed by atoms with Crippen molar-refractivity contribution in [2.75, 3.05) is 13.7 Å². The van der Waals surface area contributed by atoms with E-state index in [1.54, 1.807) is 7.11 Å². The molecule has 1 unspecified atom stereocenters. The lowest BCUT2D eigenvalue weighted by Gasteiger charge is -2.33. The van der Waals surface area contributed by atoms with Gasteiger partial charge in [-0.25, -0.2) is 0 Å². The quantitative estimate of drug-likeness (QED) is 0.720. The van der Waals surface area contributed by atoms with E-state index in [0.717, 1.165) is 25.7 Å². The Balaban J connectivity index is 2.07. The van der Waals surface area contributed by atoms with Crippen LogP contribution < -0.4 is 5.32 Å².